The van der Waals surface area contributed by atoms with E-state index in [1.807, 2.05) is 13.0 Å². The lowest BCUT2D eigenvalue weighted by Gasteiger charge is -2.16. The van der Waals surface area contributed by atoms with E-state index in [1.165, 1.54) is 19.2 Å². The van der Waals surface area contributed by atoms with Gasteiger partial charge in [0.2, 0.25) is 5.91 Å². The van der Waals surface area contributed by atoms with Crippen LogP contribution in [0.15, 0.2) is 36.4 Å². The fourth-order valence-electron chi connectivity index (χ4n) is 2.13. The van der Waals surface area contributed by atoms with Crippen molar-refractivity contribution in [3.63, 3.8) is 0 Å². The highest BCUT2D eigenvalue weighted by Gasteiger charge is 2.18. The first kappa shape index (κ1) is 18.7. The number of benzene rings is 2. The van der Waals surface area contributed by atoms with Crippen molar-refractivity contribution < 1.29 is 18.7 Å². The summed E-state index contributed by atoms with van der Waals surface area (Å²) in [5.41, 5.74) is 7.05. The quantitative estimate of drug-likeness (QED) is 0.833. The molecule has 0 aromatic heterocycles. The lowest BCUT2D eigenvalue weighted by atomic mass is 10.0. The van der Waals surface area contributed by atoms with E-state index < -0.39 is 5.82 Å². The number of amides is 1. The summed E-state index contributed by atoms with van der Waals surface area (Å²) >= 11 is 0. The summed E-state index contributed by atoms with van der Waals surface area (Å²) in [5.74, 6) is -0.259. The van der Waals surface area contributed by atoms with Gasteiger partial charge in [0.05, 0.1) is 13.0 Å². The summed E-state index contributed by atoms with van der Waals surface area (Å²) in [5, 5.41) is 2.65. The van der Waals surface area contributed by atoms with Crippen molar-refractivity contribution in [2.24, 2.45) is 11.7 Å². The normalized spacial score (nSPS) is 13.0. The monoisotopic (exact) mass is 346 g/mol. The summed E-state index contributed by atoms with van der Waals surface area (Å²) in [6.45, 7) is 5.39. The van der Waals surface area contributed by atoms with Crippen molar-refractivity contribution in [2.45, 2.75) is 26.8 Å². The molecule has 2 aromatic rings. The van der Waals surface area contributed by atoms with Crippen molar-refractivity contribution in [1.82, 2.24) is 0 Å². The van der Waals surface area contributed by atoms with Crippen LogP contribution in [-0.2, 0) is 4.79 Å². The maximum absolute atomic E-state index is 14.3. The average Bonchev–Trinajstić information content (AvgIpc) is 2.57. The van der Waals surface area contributed by atoms with Crippen LogP contribution in [-0.4, -0.2) is 19.1 Å². The van der Waals surface area contributed by atoms with Gasteiger partial charge in [-0.1, -0.05) is 13.0 Å². The highest BCUT2D eigenvalue weighted by Crippen LogP contribution is 2.34. The molecule has 2 rings (SSSR count). The van der Waals surface area contributed by atoms with Crippen molar-refractivity contribution in [3.05, 3.63) is 47.8 Å². The van der Waals surface area contributed by atoms with Gasteiger partial charge in [-0.25, -0.2) is 4.39 Å². The van der Waals surface area contributed by atoms with E-state index >= 15 is 0 Å². The number of rotatable bonds is 6. The molecule has 134 valence electrons. The minimum Gasteiger partial charge on any atom is -0.493 e. The first-order valence-electron chi connectivity index (χ1n) is 8.00. The second-order valence-electron chi connectivity index (χ2n) is 6.04. The third-order valence-corrected chi connectivity index (χ3v) is 3.94. The van der Waals surface area contributed by atoms with Gasteiger partial charge in [0.15, 0.2) is 23.1 Å². The van der Waals surface area contributed by atoms with Gasteiger partial charge in [0.1, 0.15) is 0 Å². The van der Waals surface area contributed by atoms with Crippen LogP contribution in [0.3, 0.4) is 0 Å². The van der Waals surface area contributed by atoms with Gasteiger partial charge in [-0.3, -0.25) is 4.79 Å². The molecule has 1 amide bonds. The van der Waals surface area contributed by atoms with Crippen LogP contribution in [0.5, 0.6) is 17.2 Å². The number of carbonyl (C=O) groups excluding carboxylic acids is 1. The van der Waals surface area contributed by atoms with E-state index in [0.717, 1.165) is 5.56 Å². The first-order valence-corrected chi connectivity index (χ1v) is 8.00. The topological polar surface area (TPSA) is 73.6 Å². The lowest BCUT2D eigenvalue weighted by molar-refractivity contribution is -0.119. The molecule has 2 atom stereocenters. The molecule has 0 radical (unpaired) electrons. The van der Waals surface area contributed by atoms with Crippen LogP contribution < -0.4 is 20.5 Å². The molecule has 2 unspecified atom stereocenters. The zero-order valence-electron chi connectivity index (χ0n) is 14.8. The van der Waals surface area contributed by atoms with Crippen LogP contribution in [0.2, 0.25) is 0 Å². The number of hydrogen-bond acceptors (Lipinski definition) is 4. The van der Waals surface area contributed by atoms with Gasteiger partial charge in [-0.05, 0) is 43.7 Å². The molecule has 0 spiro atoms. The molecule has 0 saturated heterocycles. The predicted molar refractivity (Wildman–Crippen MR) is 95.6 cm³/mol. The fourth-order valence-corrected chi connectivity index (χ4v) is 2.13. The Balaban J connectivity index is 2.16. The van der Waals surface area contributed by atoms with Crippen molar-refractivity contribution in [2.75, 3.05) is 12.4 Å². The Labute approximate surface area is 146 Å². The van der Waals surface area contributed by atoms with Crippen LogP contribution in [0.4, 0.5) is 10.1 Å². The summed E-state index contributed by atoms with van der Waals surface area (Å²) in [6.07, 6.45) is 0. The molecule has 0 bridgehead atoms. The third kappa shape index (κ3) is 4.70. The molecule has 6 heteroatoms. The van der Waals surface area contributed by atoms with Gasteiger partial charge in [-0.15, -0.1) is 0 Å². The Morgan fingerprint density at radius 2 is 1.80 bits per heavy atom. The molecule has 0 aliphatic carbocycles. The van der Waals surface area contributed by atoms with E-state index in [4.69, 9.17) is 15.2 Å². The molecule has 0 aliphatic rings. The molecular weight excluding hydrogens is 323 g/mol. The standard InChI is InChI=1S/C19H23FN2O3/c1-11-5-7-17(18(9-11)24-4)25-16-8-6-14(10-15(16)20)22-19(23)12(2)13(3)21/h5-10,12-13H,21H2,1-4H3,(H,22,23). The molecule has 3 N–H and O–H groups in total. The first-order chi connectivity index (χ1) is 11.8. The molecule has 0 heterocycles. The van der Waals surface area contributed by atoms with E-state index in [9.17, 15) is 9.18 Å². The molecular formula is C19H23FN2O3. The summed E-state index contributed by atoms with van der Waals surface area (Å²) in [7, 11) is 1.52. The number of anilines is 1. The predicted octanol–water partition coefficient (Wildman–Crippen LogP) is 3.86. The number of nitrogens with one attached hydrogen (secondary N) is 1. The molecule has 0 saturated carbocycles. The van der Waals surface area contributed by atoms with Gasteiger partial charge < -0.3 is 20.5 Å². The minimum absolute atomic E-state index is 0.0420. The lowest BCUT2D eigenvalue weighted by Crippen LogP contribution is -2.34. The van der Waals surface area contributed by atoms with E-state index in [1.54, 1.807) is 32.0 Å². The second-order valence-corrected chi connectivity index (χ2v) is 6.04. The highest BCUT2D eigenvalue weighted by atomic mass is 19.1. The zero-order valence-corrected chi connectivity index (χ0v) is 14.8. The summed E-state index contributed by atoms with van der Waals surface area (Å²) < 4.78 is 25.2. The Hall–Kier alpha value is -2.60. The third-order valence-electron chi connectivity index (χ3n) is 3.94. The smallest absolute Gasteiger partial charge is 0.228 e. The second kappa shape index (κ2) is 7.98. The van der Waals surface area contributed by atoms with Crippen LogP contribution in [0, 0.1) is 18.7 Å². The molecule has 25 heavy (non-hydrogen) atoms. The number of hydrogen-bond donors (Lipinski definition) is 2. The Morgan fingerprint density at radius 1 is 1.12 bits per heavy atom. The van der Waals surface area contributed by atoms with Gasteiger partial charge in [-0.2, -0.15) is 0 Å². The van der Waals surface area contributed by atoms with E-state index in [2.05, 4.69) is 5.32 Å². The van der Waals surface area contributed by atoms with E-state index in [-0.39, 0.29) is 23.6 Å². The largest absolute Gasteiger partial charge is 0.493 e. The molecule has 2 aromatic carbocycles. The SMILES string of the molecule is COc1cc(C)ccc1Oc1ccc(NC(=O)C(C)C(C)N)cc1F. The average molecular weight is 346 g/mol. The maximum atomic E-state index is 14.3. The molecule has 5 nitrogen and oxygen atoms in total. The number of methoxy groups -OCH3 is 1. The maximum Gasteiger partial charge on any atom is 0.228 e. The summed E-state index contributed by atoms with van der Waals surface area (Å²) in [4.78, 5) is 12.0. The van der Waals surface area contributed by atoms with E-state index in [0.29, 0.717) is 17.2 Å². The number of nitrogens with two attached hydrogens (primary N) is 1. The highest BCUT2D eigenvalue weighted by molar-refractivity contribution is 5.92. The number of halogens is 1. The van der Waals surface area contributed by atoms with Crippen molar-refractivity contribution in [3.8, 4) is 17.2 Å². The number of aryl methyl sites for hydroxylation is 1. The van der Waals surface area contributed by atoms with Crippen molar-refractivity contribution in [1.29, 1.82) is 0 Å². The molecule has 0 fully saturated rings. The van der Waals surface area contributed by atoms with Crippen LogP contribution >= 0.6 is 0 Å². The van der Waals surface area contributed by atoms with Crippen LogP contribution in [0.1, 0.15) is 19.4 Å². The Morgan fingerprint density at radius 3 is 2.40 bits per heavy atom. The van der Waals surface area contributed by atoms with Gasteiger partial charge >= 0.3 is 0 Å². The van der Waals surface area contributed by atoms with Gasteiger partial charge in [0.25, 0.3) is 0 Å². The van der Waals surface area contributed by atoms with Crippen LogP contribution in [0.25, 0.3) is 0 Å². The van der Waals surface area contributed by atoms with Crippen molar-refractivity contribution >= 4 is 11.6 Å². The zero-order chi connectivity index (χ0) is 18.6. The summed E-state index contributed by atoms with van der Waals surface area (Å²) in [6, 6.07) is 9.32. The fraction of sp³-hybridized carbons (Fsp3) is 0.316. The molecule has 0 aliphatic heterocycles. The minimum atomic E-state index is -0.589. The number of carbonyl (C=O) groups is 1. The number of ether oxygens (including phenoxy) is 2. The Kier molecular flexibility index (Phi) is 5.98. The Bertz CT molecular complexity index is 762. The van der Waals surface area contributed by atoms with Gasteiger partial charge in [0, 0.05) is 17.8 Å².